The van der Waals surface area contributed by atoms with E-state index >= 15 is 0 Å². The Labute approximate surface area is 210 Å². The van der Waals surface area contributed by atoms with E-state index in [2.05, 4.69) is 6.58 Å². The number of hydrogen-bond acceptors (Lipinski definition) is 15. The minimum Gasteiger partial charge on any atom is -0.471 e. The van der Waals surface area contributed by atoms with Crippen molar-refractivity contribution in [2.45, 2.75) is 73.1 Å². The van der Waals surface area contributed by atoms with Gasteiger partial charge in [0.2, 0.25) is 12.1 Å². The van der Waals surface area contributed by atoms with E-state index in [1.807, 2.05) is 0 Å². The number of ether oxygens (including phenoxy) is 6. The summed E-state index contributed by atoms with van der Waals surface area (Å²) in [5.74, 6) is -4.11. The van der Waals surface area contributed by atoms with E-state index in [1.54, 1.807) is 0 Å². The molecule has 0 spiro atoms. The van der Waals surface area contributed by atoms with Crippen molar-refractivity contribution in [3.63, 3.8) is 0 Å². The van der Waals surface area contributed by atoms with Crippen molar-refractivity contribution in [2.24, 2.45) is 5.92 Å². The SMILES string of the molecule is C=C[C@H]1[C@H](O[C@@H]2O[C@H](CO)[C@@H](O[C@]3(CO)O[C@H](CO)[C@@H](O)[C@@H]3O)[C@H](O)[C@H]2O)OC=C2C(=O)OCC[C@]21O. The lowest BCUT2D eigenvalue weighted by molar-refractivity contribution is -0.379. The first-order valence-corrected chi connectivity index (χ1v) is 11.7. The Kier molecular flexibility index (Phi) is 8.25. The van der Waals surface area contributed by atoms with Crippen molar-refractivity contribution in [2.75, 3.05) is 26.4 Å². The first kappa shape index (κ1) is 28.3. The summed E-state index contributed by atoms with van der Waals surface area (Å²) in [6.45, 7) is 1.05. The van der Waals surface area contributed by atoms with E-state index in [0.29, 0.717) is 0 Å². The van der Waals surface area contributed by atoms with Gasteiger partial charge in [0.1, 0.15) is 60.5 Å². The maximum absolute atomic E-state index is 12.1. The van der Waals surface area contributed by atoms with Crippen LogP contribution in [0.4, 0.5) is 0 Å². The van der Waals surface area contributed by atoms with Gasteiger partial charge in [0.05, 0.1) is 32.0 Å². The van der Waals surface area contributed by atoms with Crippen LogP contribution in [0.2, 0.25) is 0 Å². The predicted molar refractivity (Wildman–Crippen MR) is 115 cm³/mol. The normalized spacial score (nSPS) is 48.0. The second-order valence-electron chi connectivity index (χ2n) is 9.28. The molecule has 0 aromatic rings. The van der Waals surface area contributed by atoms with Crippen LogP contribution in [0.1, 0.15) is 6.42 Å². The zero-order valence-electron chi connectivity index (χ0n) is 19.6. The van der Waals surface area contributed by atoms with Gasteiger partial charge in [-0.25, -0.2) is 4.79 Å². The molecule has 37 heavy (non-hydrogen) atoms. The lowest BCUT2D eigenvalue weighted by atomic mass is 9.76. The van der Waals surface area contributed by atoms with E-state index < -0.39 is 98.4 Å². The lowest BCUT2D eigenvalue weighted by Crippen LogP contribution is -2.65. The van der Waals surface area contributed by atoms with Gasteiger partial charge in [-0.3, -0.25) is 0 Å². The highest BCUT2D eigenvalue weighted by atomic mass is 16.8. The standard InChI is InChI=1S/C22H32O15/c1-2-9-19(33-7-10-18(30)32-4-3-21(9,10)31)35-20-15(28)14(27)16(12(6-24)34-20)37-22(8-25)17(29)13(26)11(5-23)36-22/h2,7,9,11-17,19-20,23-29,31H,1,3-6,8H2/t9-,11+,12+,13+,14+,15+,16+,17-,19-,20-,21+,22-/m0/s1. The summed E-state index contributed by atoms with van der Waals surface area (Å²) in [5, 5.41) is 82.3. The smallest absolute Gasteiger partial charge is 0.340 e. The zero-order valence-corrected chi connectivity index (χ0v) is 19.6. The topological polar surface area (TPSA) is 234 Å². The molecule has 0 aromatic carbocycles. The number of hydrogen-bond donors (Lipinski definition) is 8. The van der Waals surface area contributed by atoms with Gasteiger partial charge in [-0.1, -0.05) is 6.08 Å². The van der Waals surface area contributed by atoms with Gasteiger partial charge in [-0.15, -0.1) is 6.58 Å². The number of carbonyl (C=O) groups is 1. The molecule has 12 atom stereocenters. The van der Waals surface area contributed by atoms with Crippen LogP contribution < -0.4 is 0 Å². The fourth-order valence-electron chi connectivity index (χ4n) is 5.00. The summed E-state index contributed by atoms with van der Waals surface area (Å²) >= 11 is 0. The lowest BCUT2D eigenvalue weighted by Gasteiger charge is -2.48. The molecule has 0 aliphatic carbocycles. The van der Waals surface area contributed by atoms with Crippen LogP contribution in [0.5, 0.6) is 0 Å². The summed E-state index contributed by atoms with van der Waals surface area (Å²) in [6, 6.07) is 0. The summed E-state index contributed by atoms with van der Waals surface area (Å²) in [5.41, 5.74) is -1.88. The van der Waals surface area contributed by atoms with Crippen molar-refractivity contribution in [3.05, 3.63) is 24.5 Å². The van der Waals surface area contributed by atoms with E-state index in [9.17, 15) is 45.6 Å². The minimum absolute atomic E-state index is 0.0165. The average Bonchev–Trinajstić information content (AvgIpc) is 3.13. The van der Waals surface area contributed by atoms with E-state index in [-0.39, 0.29) is 18.6 Å². The van der Waals surface area contributed by atoms with Crippen LogP contribution in [0.15, 0.2) is 24.5 Å². The summed E-state index contributed by atoms with van der Waals surface area (Å²) < 4.78 is 32.5. The largest absolute Gasteiger partial charge is 0.471 e. The number of esters is 1. The van der Waals surface area contributed by atoms with Gasteiger partial charge in [-0.2, -0.15) is 0 Å². The van der Waals surface area contributed by atoms with Gasteiger partial charge in [0, 0.05) is 6.42 Å². The van der Waals surface area contributed by atoms with Crippen molar-refractivity contribution < 1.29 is 74.1 Å². The van der Waals surface area contributed by atoms with Crippen LogP contribution in [-0.2, 0) is 33.2 Å². The van der Waals surface area contributed by atoms with Gasteiger partial charge >= 0.3 is 5.97 Å². The quantitative estimate of drug-likeness (QED) is 0.108. The van der Waals surface area contributed by atoms with Gasteiger partial charge in [0.25, 0.3) is 0 Å². The Morgan fingerprint density at radius 1 is 1.05 bits per heavy atom. The molecular formula is C22H32O15. The highest BCUT2D eigenvalue weighted by Crippen LogP contribution is 2.42. The molecule has 0 bridgehead atoms. The van der Waals surface area contributed by atoms with Gasteiger partial charge in [0.15, 0.2) is 6.29 Å². The van der Waals surface area contributed by atoms with Crippen LogP contribution in [0, 0.1) is 5.92 Å². The molecule has 8 N–H and O–H groups in total. The second-order valence-corrected chi connectivity index (χ2v) is 9.28. The van der Waals surface area contributed by atoms with Crippen LogP contribution >= 0.6 is 0 Å². The monoisotopic (exact) mass is 536 g/mol. The number of aliphatic hydroxyl groups excluding tert-OH is 7. The van der Waals surface area contributed by atoms with Crippen molar-refractivity contribution in [3.8, 4) is 0 Å². The fourth-order valence-corrected chi connectivity index (χ4v) is 5.00. The van der Waals surface area contributed by atoms with Gasteiger partial charge in [-0.05, 0) is 0 Å². The molecule has 0 aromatic heterocycles. The molecule has 0 unspecified atom stereocenters. The van der Waals surface area contributed by atoms with Crippen LogP contribution in [0.3, 0.4) is 0 Å². The maximum Gasteiger partial charge on any atom is 0.340 e. The Balaban J connectivity index is 1.52. The molecule has 4 aliphatic heterocycles. The van der Waals surface area contributed by atoms with E-state index in [4.69, 9.17) is 28.4 Å². The average molecular weight is 536 g/mol. The third kappa shape index (κ3) is 4.69. The summed E-state index contributed by atoms with van der Waals surface area (Å²) in [7, 11) is 0. The molecule has 0 radical (unpaired) electrons. The van der Waals surface area contributed by atoms with Crippen molar-refractivity contribution in [1.29, 1.82) is 0 Å². The first-order chi connectivity index (χ1) is 17.6. The zero-order chi connectivity index (χ0) is 27.1. The number of rotatable bonds is 8. The Morgan fingerprint density at radius 3 is 2.35 bits per heavy atom. The molecule has 3 fully saturated rings. The molecule has 15 nitrogen and oxygen atoms in total. The van der Waals surface area contributed by atoms with Crippen molar-refractivity contribution in [1.82, 2.24) is 0 Å². The first-order valence-electron chi connectivity index (χ1n) is 11.7. The van der Waals surface area contributed by atoms with Crippen molar-refractivity contribution >= 4 is 5.97 Å². The summed E-state index contributed by atoms with van der Waals surface area (Å²) in [6.07, 6.45) is -12.3. The molecule has 4 aliphatic rings. The highest BCUT2D eigenvalue weighted by molar-refractivity contribution is 5.91. The molecule has 0 saturated carbocycles. The Bertz CT molecular complexity index is 880. The maximum atomic E-state index is 12.1. The van der Waals surface area contributed by atoms with Crippen LogP contribution in [0.25, 0.3) is 0 Å². The molecule has 4 heterocycles. The second kappa shape index (κ2) is 10.8. The number of cyclic esters (lactones) is 1. The fraction of sp³-hybridized carbons (Fsp3) is 0.773. The number of fused-ring (bicyclic) bond motifs is 1. The summed E-state index contributed by atoms with van der Waals surface area (Å²) in [4.78, 5) is 12.1. The molecule has 0 amide bonds. The number of aliphatic hydroxyl groups is 8. The molecule has 15 heteroatoms. The molecule has 4 rings (SSSR count). The Morgan fingerprint density at radius 2 is 1.76 bits per heavy atom. The highest BCUT2D eigenvalue weighted by Gasteiger charge is 2.59. The van der Waals surface area contributed by atoms with E-state index in [1.165, 1.54) is 6.08 Å². The third-order valence-corrected chi connectivity index (χ3v) is 7.15. The third-order valence-electron chi connectivity index (χ3n) is 7.15. The molecule has 3 saturated heterocycles. The minimum atomic E-state index is -2.32. The van der Waals surface area contributed by atoms with Crippen LogP contribution in [-0.4, -0.2) is 140 Å². The van der Waals surface area contributed by atoms with E-state index in [0.717, 1.165) is 6.26 Å². The number of carbonyl (C=O) groups excluding carboxylic acids is 1. The predicted octanol–water partition coefficient (Wildman–Crippen LogP) is -4.65. The Hall–Kier alpha value is -1.73. The van der Waals surface area contributed by atoms with Gasteiger partial charge < -0.3 is 69.3 Å². The molecular weight excluding hydrogens is 504 g/mol. The molecule has 210 valence electrons.